The Bertz CT molecular complexity index is 1160. The number of hydrogen-bond acceptors (Lipinski definition) is 5. The van der Waals surface area contributed by atoms with E-state index in [0.717, 1.165) is 10.9 Å². The van der Waals surface area contributed by atoms with E-state index in [1.165, 1.54) is 11.3 Å². The van der Waals surface area contributed by atoms with E-state index < -0.39 is 0 Å². The lowest BCUT2D eigenvalue weighted by molar-refractivity contribution is 0.102. The Labute approximate surface area is 166 Å². The fourth-order valence-corrected chi connectivity index (χ4v) is 3.59. The molecule has 0 unspecified atom stereocenters. The van der Waals surface area contributed by atoms with Crippen LogP contribution in [0.4, 0.5) is 11.5 Å². The number of fused-ring (bicyclic) bond motifs is 1. The van der Waals surface area contributed by atoms with E-state index in [2.05, 4.69) is 21.7 Å². The van der Waals surface area contributed by atoms with Gasteiger partial charge in [0.1, 0.15) is 11.6 Å². The molecule has 0 radical (unpaired) electrons. The van der Waals surface area contributed by atoms with Crippen LogP contribution in [0.25, 0.3) is 10.9 Å². The zero-order chi connectivity index (χ0) is 19.3. The summed E-state index contributed by atoms with van der Waals surface area (Å²) in [5.41, 5.74) is 3.33. The zero-order valence-corrected chi connectivity index (χ0v) is 15.7. The summed E-state index contributed by atoms with van der Waals surface area (Å²) >= 11 is 1.44. The molecule has 0 fully saturated rings. The van der Waals surface area contributed by atoms with Crippen LogP contribution in [-0.4, -0.2) is 10.9 Å². The molecule has 1 amide bonds. The van der Waals surface area contributed by atoms with E-state index in [1.807, 2.05) is 60.0 Å². The van der Waals surface area contributed by atoms with Gasteiger partial charge in [-0.2, -0.15) is 16.6 Å². The lowest BCUT2D eigenvalue weighted by Gasteiger charge is -2.15. The van der Waals surface area contributed by atoms with Crippen LogP contribution in [0, 0.1) is 11.3 Å². The maximum atomic E-state index is 12.5. The van der Waals surface area contributed by atoms with Crippen LogP contribution in [0.2, 0.25) is 0 Å². The molecular weight excluding hydrogens is 368 g/mol. The highest BCUT2D eigenvalue weighted by Gasteiger charge is 2.17. The number of amides is 1. The number of carbonyl (C=O) groups excluding carboxylic acids is 1. The van der Waals surface area contributed by atoms with Crippen LogP contribution in [0.5, 0.6) is 0 Å². The number of anilines is 2. The SMILES string of the molecule is N#Cc1c(NC(=O)c2ccsc2)nc2ccccc2c1NCc1ccccc1. The molecule has 0 aliphatic carbocycles. The number of hydrogen-bond donors (Lipinski definition) is 2. The van der Waals surface area contributed by atoms with Crippen LogP contribution in [-0.2, 0) is 6.54 Å². The van der Waals surface area contributed by atoms with Crippen molar-refractivity contribution in [3.8, 4) is 6.07 Å². The summed E-state index contributed by atoms with van der Waals surface area (Å²) in [5, 5.41) is 20.4. The number of rotatable bonds is 5. The second-order valence-electron chi connectivity index (χ2n) is 6.14. The molecule has 136 valence electrons. The van der Waals surface area contributed by atoms with E-state index >= 15 is 0 Å². The number of thiophene rings is 1. The van der Waals surface area contributed by atoms with E-state index in [0.29, 0.717) is 28.9 Å². The van der Waals surface area contributed by atoms with Crippen LogP contribution in [0.1, 0.15) is 21.5 Å². The molecule has 0 bridgehead atoms. The third kappa shape index (κ3) is 3.56. The summed E-state index contributed by atoms with van der Waals surface area (Å²) in [7, 11) is 0. The molecule has 28 heavy (non-hydrogen) atoms. The number of benzene rings is 2. The van der Waals surface area contributed by atoms with Gasteiger partial charge in [-0.15, -0.1) is 0 Å². The van der Waals surface area contributed by atoms with E-state index in [-0.39, 0.29) is 11.7 Å². The first-order chi connectivity index (χ1) is 13.8. The first-order valence-electron chi connectivity index (χ1n) is 8.70. The summed E-state index contributed by atoms with van der Waals surface area (Å²) in [6.07, 6.45) is 0. The first kappa shape index (κ1) is 17.7. The highest BCUT2D eigenvalue weighted by Crippen LogP contribution is 2.31. The number of aromatic nitrogens is 1. The van der Waals surface area contributed by atoms with Crippen molar-refractivity contribution in [2.45, 2.75) is 6.54 Å². The number of nitriles is 1. The average Bonchev–Trinajstić information content (AvgIpc) is 3.27. The van der Waals surface area contributed by atoms with Gasteiger partial charge >= 0.3 is 0 Å². The normalized spacial score (nSPS) is 10.4. The first-order valence-corrected chi connectivity index (χ1v) is 9.64. The van der Waals surface area contributed by atoms with Crippen molar-refractivity contribution in [3.05, 3.63) is 88.1 Å². The molecular formula is C22H16N4OS. The minimum atomic E-state index is -0.283. The van der Waals surface area contributed by atoms with Gasteiger partial charge in [0.15, 0.2) is 5.82 Å². The van der Waals surface area contributed by atoms with Gasteiger partial charge in [-0.3, -0.25) is 4.79 Å². The Kier molecular flexibility index (Phi) is 5.00. The van der Waals surface area contributed by atoms with Gasteiger partial charge in [-0.25, -0.2) is 4.98 Å². The predicted molar refractivity (Wildman–Crippen MR) is 112 cm³/mol. The van der Waals surface area contributed by atoms with Gasteiger partial charge in [0.2, 0.25) is 0 Å². The van der Waals surface area contributed by atoms with Crippen molar-refractivity contribution < 1.29 is 4.79 Å². The summed E-state index contributed by atoms with van der Waals surface area (Å²) in [6.45, 7) is 0.557. The van der Waals surface area contributed by atoms with Gasteiger partial charge in [0, 0.05) is 17.3 Å². The van der Waals surface area contributed by atoms with Gasteiger partial charge < -0.3 is 10.6 Å². The Balaban J connectivity index is 1.75. The maximum Gasteiger partial charge on any atom is 0.257 e. The standard InChI is InChI=1S/C22H16N4OS/c23-12-18-20(24-13-15-6-2-1-3-7-15)17-8-4-5-9-19(17)25-21(18)26-22(27)16-10-11-28-14-16/h1-11,14H,13H2,(H2,24,25,26,27). The van der Waals surface area contributed by atoms with Crippen LogP contribution in [0.3, 0.4) is 0 Å². The molecule has 2 N–H and O–H groups in total. The molecule has 0 saturated carbocycles. The lowest BCUT2D eigenvalue weighted by Crippen LogP contribution is -2.14. The minimum absolute atomic E-state index is 0.257. The van der Waals surface area contributed by atoms with Crippen molar-refractivity contribution in [3.63, 3.8) is 0 Å². The highest BCUT2D eigenvalue weighted by molar-refractivity contribution is 7.08. The quantitative estimate of drug-likeness (QED) is 0.506. The van der Waals surface area contributed by atoms with Crippen molar-refractivity contribution >= 4 is 39.7 Å². The molecule has 0 saturated heterocycles. The molecule has 0 atom stereocenters. The Morgan fingerprint density at radius 2 is 1.86 bits per heavy atom. The summed E-state index contributed by atoms with van der Waals surface area (Å²) in [5.74, 6) is -0.0255. The van der Waals surface area contributed by atoms with Gasteiger partial charge in [0.25, 0.3) is 5.91 Å². The molecule has 2 heterocycles. The molecule has 2 aromatic carbocycles. The fourth-order valence-electron chi connectivity index (χ4n) is 2.95. The third-order valence-corrected chi connectivity index (χ3v) is 5.01. The van der Waals surface area contributed by atoms with Crippen LogP contribution in [0.15, 0.2) is 71.4 Å². The van der Waals surface area contributed by atoms with Gasteiger partial charge in [-0.1, -0.05) is 48.5 Å². The predicted octanol–water partition coefficient (Wildman–Crippen LogP) is 5.03. The second kappa shape index (κ2) is 7.91. The number of pyridine rings is 1. The Hall–Kier alpha value is -3.69. The molecule has 5 nitrogen and oxygen atoms in total. The smallest absolute Gasteiger partial charge is 0.257 e. The Morgan fingerprint density at radius 1 is 1.07 bits per heavy atom. The maximum absolute atomic E-state index is 12.5. The second-order valence-corrected chi connectivity index (χ2v) is 6.92. The average molecular weight is 384 g/mol. The molecule has 0 aliphatic heterocycles. The monoisotopic (exact) mass is 384 g/mol. The zero-order valence-electron chi connectivity index (χ0n) is 14.8. The minimum Gasteiger partial charge on any atom is -0.379 e. The van der Waals surface area contributed by atoms with E-state index in [1.54, 1.807) is 11.4 Å². The number of para-hydroxylation sites is 1. The highest BCUT2D eigenvalue weighted by atomic mass is 32.1. The van der Waals surface area contributed by atoms with E-state index in [9.17, 15) is 10.1 Å². The molecule has 6 heteroatoms. The largest absolute Gasteiger partial charge is 0.379 e. The lowest BCUT2D eigenvalue weighted by atomic mass is 10.1. The van der Waals surface area contributed by atoms with Crippen molar-refractivity contribution in [1.29, 1.82) is 5.26 Å². The third-order valence-electron chi connectivity index (χ3n) is 4.33. The topological polar surface area (TPSA) is 77.8 Å². The van der Waals surface area contributed by atoms with Gasteiger partial charge in [-0.05, 0) is 23.1 Å². The summed E-state index contributed by atoms with van der Waals surface area (Å²) < 4.78 is 0. The van der Waals surface area contributed by atoms with Crippen molar-refractivity contribution in [2.24, 2.45) is 0 Å². The van der Waals surface area contributed by atoms with E-state index in [4.69, 9.17) is 0 Å². The molecule has 0 spiro atoms. The number of carbonyl (C=O) groups is 1. The molecule has 4 aromatic rings. The van der Waals surface area contributed by atoms with Crippen molar-refractivity contribution in [1.82, 2.24) is 4.98 Å². The van der Waals surface area contributed by atoms with Crippen LogP contribution >= 0.6 is 11.3 Å². The summed E-state index contributed by atoms with van der Waals surface area (Å²) in [6, 6.07) is 21.5. The van der Waals surface area contributed by atoms with Crippen molar-refractivity contribution in [2.75, 3.05) is 10.6 Å². The number of nitrogens with one attached hydrogen (secondary N) is 2. The molecule has 0 aliphatic rings. The van der Waals surface area contributed by atoms with Gasteiger partial charge in [0.05, 0.1) is 16.8 Å². The number of nitrogens with zero attached hydrogens (tertiary/aromatic N) is 2. The molecule has 2 aromatic heterocycles. The summed E-state index contributed by atoms with van der Waals surface area (Å²) in [4.78, 5) is 17.0. The van der Waals surface area contributed by atoms with Crippen LogP contribution < -0.4 is 10.6 Å². The molecule has 4 rings (SSSR count). The fraction of sp³-hybridized carbons (Fsp3) is 0.0455. The Morgan fingerprint density at radius 3 is 2.61 bits per heavy atom.